The summed E-state index contributed by atoms with van der Waals surface area (Å²) in [5.41, 5.74) is 1.08. The minimum Gasteiger partial charge on any atom is -0.454 e. The fraction of sp³-hybridized carbons (Fsp3) is 0.389. The molecule has 1 aromatic carbocycles. The van der Waals surface area contributed by atoms with Gasteiger partial charge in [-0.3, -0.25) is 14.2 Å². The van der Waals surface area contributed by atoms with Gasteiger partial charge in [0.05, 0.1) is 12.0 Å². The van der Waals surface area contributed by atoms with E-state index >= 15 is 0 Å². The first-order valence-corrected chi connectivity index (χ1v) is 8.45. The second-order valence-corrected chi connectivity index (χ2v) is 6.25. The standard InChI is InChI=1S/C18H19N3O4/c22-17-9-14(13-4-5-15-16(8-13)25-12-24-15)19-11-21(17)10-18(23)20-6-2-1-3-7-20/h4-5,8-9,11H,1-3,6-7,10,12H2. The molecule has 1 aromatic heterocycles. The predicted octanol–water partition coefficient (Wildman–Crippen LogP) is 1.65. The zero-order valence-corrected chi connectivity index (χ0v) is 13.8. The quantitative estimate of drug-likeness (QED) is 0.849. The molecule has 2 aliphatic rings. The zero-order valence-electron chi connectivity index (χ0n) is 13.8. The monoisotopic (exact) mass is 341 g/mol. The molecule has 0 unspecified atom stereocenters. The number of nitrogens with zero attached hydrogens (tertiary/aromatic N) is 3. The lowest BCUT2D eigenvalue weighted by Crippen LogP contribution is -2.39. The summed E-state index contributed by atoms with van der Waals surface area (Å²) in [5, 5.41) is 0. The van der Waals surface area contributed by atoms with Crippen molar-refractivity contribution in [3.8, 4) is 22.8 Å². The lowest BCUT2D eigenvalue weighted by Gasteiger charge is -2.26. The summed E-state index contributed by atoms with van der Waals surface area (Å²) in [6, 6.07) is 6.87. The Morgan fingerprint density at radius 3 is 2.68 bits per heavy atom. The molecule has 1 amide bonds. The van der Waals surface area contributed by atoms with Gasteiger partial charge in [0.25, 0.3) is 5.56 Å². The van der Waals surface area contributed by atoms with Gasteiger partial charge in [-0.15, -0.1) is 0 Å². The summed E-state index contributed by atoms with van der Waals surface area (Å²) in [6.45, 7) is 1.78. The number of hydrogen-bond acceptors (Lipinski definition) is 5. The first-order chi connectivity index (χ1) is 12.2. The van der Waals surface area contributed by atoms with Crippen molar-refractivity contribution in [1.82, 2.24) is 14.5 Å². The highest BCUT2D eigenvalue weighted by Gasteiger charge is 2.18. The Balaban J connectivity index is 1.52. The number of carbonyl (C=O) groups is 1. The SMILES string of the molecule is O=C(Cn1cnc(-c2ccc3c(c2)OCO3)cc1=O)N1CCCCC1. The lowest BCUT2D eigenvalue weighted by molar-refractivity contribution is -0.132. The number of ether oxygens (including phenoxy) is 2. The molecule has 25 heavy (non-hydrogen) atoms. The van der Waals surface area contributed by atoms with E-state index in [9.17, 15) is 9.59 Å². The maximum Gasteiger partial charge on any atom is 0.254 e. The molecule has 0 saturated carbocycles. The molecule has 1 fully saturated rings. The third-order valence-electron chi connectivity index (χ3n) is 4.56. The Kier molecular flexibility index (Phi) is 4.13. The average molecular weight is 341 g/mol. The first kappa shape index (κ1) is 15.7. The molecule has 2 aromatic rings. The van der Waals surface area contributed by atoms with Gasteiger partial charge in [0.15, 0.2) is 11.5 Å². The summed E-state index contributed by atoms with van der Waals surface area (Å²) in [4.78, 5) is 30.8. The van der Waals surface area contributed by atoms with Crippen LogP contribution in [0.4, 0.5) is 0 Å². The number of piperidine rings is 1. The third kappa shape index (κ3) is 3.22. The number of carbonyl (C=O) groups excluding carboxylic acids is 1. The van der Waals surface area contributed by atoms with Crippen LogP contribution in [0, 0.1) is 0 Å². The molecular formula is C18H19N3O4. The van der Waals surface area contributed by atoms with Crippen LogP contribution in [0.3, 0.4) is 0 Å². The number of aromatic nitrogens is 2. The van der Waals surface area contributed by atoms with Gasteiger partial charge in [-0.05, 0) is 37.5 Å². The third-order valence-corrected chi connectivity index (χ3v) is 4.56. The fourth-order valence-electron chi connectivity index (χ4n) is 3.15. The molecule has 7 nitrogen and oxygen atoms in total. The molecule has 0 aliphatic carbocycles. The Labute approximate surface area is 144 Å². The largest absolute Gasteiger partial charge is 0.454 e. The molecule has 1 saturated heterocycles. The maximum absolute atomic E-state index is 12.4. The normalized spacial score (nSPS) is 16.1. The molecule has 0 radical (unpaired) electrons. The van der Waals surface area contributed by atoms with Gasteiger partial charge in [-0.1, -0.05) is 0 Å². The van der Waals surface area contributed by atoms with Gasteiger partial charge in [-0.2, -0.15) is 0 Å². The van der Waals surface area contributed by atoms with Crippen molar-refractivity contribution in [3.05, 3.63) is 40.9 Å². The summed E-state index contributed by atoms with van der Waals surface area (Å²) in [6.07, 6.45) is 4.66. The van der Waals surface area contributed by atoms with Crippen LogP contribution in [0.2, 0.25) is 0 Å². The van der Waals surface area contributed by atoms with E-state index in [1.54, 1.807) is 12.1 Å². The van der Waals surface area contributed by atoms with Crippen LogP contribution >= 0.6 is 0 Å². The van der Waals surface area contributed by atoms with Crippen molar-refractivity contribution in [1.29, 1.82) is 0 Å². The Morgan fingerprint density at radius 2 is 1.88 bits per heavy atom. The molecule has 130 valence electrons. The van der Waals surface area contributed by atoms with Crippen LogP contribution < -0.4 is 15.0 Å². The van der Waals surface area contributed by atoms with Crippen molar-refractivity contribution >= 4 is 5.91 Å². The number of hydrogen-bond donors (Lipinski definition) is 0. The number of benzene rings is 1. The van der Waals surface area contributed by atoms with Crippen LogP contribution in [0.15, 0.2) is 35.4 Å². The van der Waals surface area contributed by atoms with Gasteiger partial charge < -0.3 is 14.4 Å². The zero-order chi connectivity index (χ0) is 17.2. The van der Waals surface area contributed by atoms with E-state index in [2.05, 4.69) is 4.98 Å². The summed E-state index contributed by atoms with van der Waals surface area (Å²) < 4.78 is 12.0. The van der Waals surface area contributed by atoms with Crippen molar-refractivity contribution in [2.24, 2.45) is 0 Å². The minimum atomic E-state index is -0.243. The van der Waals surface area contributed by atoms with E-state index in [0.717, 1.165) is 37.9 Å². The second-order valence-electron chi connectivity index (χ2n) is 6.25. The summed E-state index contributed by atoms with van der Waals surface area (Å²) in [5.74, 6) is 1.30. The molecule has 3 heterocycles. The molecular weight excluding hydrogens is 322 g/mol. The van der Waals surface area contributed by atoms with E-state index in [1.807, 2.05) is 11.0 Å². The molecule has 4 rings (SSSR count). The van der Waals surface area contributed by atoms with Crippen LogP contribution in [0.25, 0.3) is 11.3 Å². The van der Waals surface area contributed by atoms with E-state index < -0.39 is 0 Å². The Bertz CT molecular complexity index is 856. The Morgan fingerprint density at radius 1 is 1.08 bits per heavy atom. The van der Waals surface area contributed by atoms with Crippen molar-refractivity contribution in [2.75, 3.05) is 19.9 Å². The van der Waals surface area contributed by atoms with E-state index in [1.165, 1.54) is 17.0 Å². The van der Waals surface area contributed by atoms with Gasteiger partial charge >= 0.3 is 0 Å². The second kappa shape index (κ2) is 6.58. The average Bonchev–Trinajstić information content (AvgIpc) is 3.12. The van der Waals surface area contributed by atoms with Crippen LogP contribution in [0.5, 0.6) is 11.5 Å². The number of rotatable bonds is 3. The van der Waals surface area contributed by atoms with Crippen molar-refractivity contribution in [2.45, 2.75) is 25.8 Å². The summed E-state index contributed by atoms with van der Waals surface area (Å²) >= 11 is 0. The minimum absolute atomic E-state index is 0.0283. The lowest BCUT2D eigenvalue weighted by atomic mass is 10.1. The van der Waals surface area contributed by atoms with Crippen LogP contribution in [-0.4, -0.2) is 40.2 Å². The smallest absolute Gasteiger partial charge is 0.254 e. The van der Waals surface area contributed by atoms with Crippen molar-refractivity contribution in [3.63, 3.8) is 0 Å². The molecule has 2 aliphatic heterocycles. The number of amides is 1. The molecule has 0 spiro atoms. The van der Waals surface area contributed by atoms with Crippen LogP contribution in [-0.2, 0) is 11.3 Å². The van der Waals surface area contributed by atoms with Crippen molar-refractivity contribution < 1.29 is 14.3 Å². The maximum atomic E-state index is 12.4. The number of fused-ring (bicyclic) bond motifs is 1. The molecule has 0 N–H and O–H groups in total. The van der Waals surface area contributed by atoms with Gasteiger partial charge in [-0.25, -0.2) is 4.98 Å². The topological polar surface area (TPSA) is 73.7 Å². The highest BCUT2D eigenvalue weighted by molar-refractivity contribution is 5.76. The van der Waals surface area contributed by atoms with E-state index in [0.29, 0.717) is 17.2 Å². The number of likely N-dealkylation sites (tertiary alicyclic amines) is 1. The highest BCUT2D eigenvalue weighted by Crippen LogP contribution is 2.35. The highest BCUT2D eigenvalue weighted by atomic mass is 16.7. The predicted molar refractivity (Wildman–Crippen MR) is 90.5 cm³/mol. The molecule has 0 bridgehead atoms. The van der Waals surface area contributed by atoms with Gasteiger partial charge in [0.2, 0.25) is 12.7 Å². The van der Waals surface area contributed by atoms with E-state index in [4.69, 9.17) is 9.47 Å². The summed E-state index contributed by atoms with van der Waals surface area (Å²) in [7, 11) is 0. The van der Waals surface area contributed by atoms with Crippen LogP contribution in [0.1, 0.15) is 19.3 Å². The molecule has 0 atom stereocenters. The van der Waals surface area contributed by atoms with E-state index in [-0.39, 0.29) is 24.8 Å². The first-order valence-electron chi connectivity index (χ1n) is 8.45. The fourth-order valence-corrected chi connectivity index (χ4v) is 3.15. The molecule has 7 heteroatoms. The van der Waals surface area contributed by atoms with Gasteiger partial charge in [0, 0.05) is 24.7 Å². The van der Waals surface area contributed by atoms with Gasteiger partial charge in [0.1, 0.15) is 6.54 Å². The Hall–Kier alpha value is -2.83.